The summed E-state index contributed by atoms with van der Waals surface area (Å²) < 4.78 is 10.5. The largest absolute Gasteiger partial charge is 0.484 e. The van der Waals surface area contributed by atoms with E-state index < -0.39 is 5.97 Å². The minimum absolute atomic E-state index is 0.244. The van der Waals surface area contributed by atoms with Crippen LogP contribution in [0.25, 0.3) is 0 Å². The maximum absolute atomic E-state index is 11.6. The van der Waals surface area contributed by atoms with Gasteiger partial charge in [-0.25, -0.2) is 4.79 Å². The van der Waals surface area contributed by atoms with Crippen LogP contribution in [0.5, 0.6) is 5.75 Å². The van der Waals surface area contributed by atoms with Crippen LogP contribution in [-0.2, 0) is 4.74 Å². The highest BCUT2D eigenvalue weighted by Gasteiger charge is 2.18. The monoisotopic (exact) mass is 296 g/mol. The Labute approximate surface area is 120 Å². The first-order valence-corrected chi connectivity index (χ1v) is 6.96. The molecule has 5 heteroatoms. The molecule has 0 fully saturated rings. The zero-order valence-electron chi connectivity index (χ0n) is 10.6. The number of methoxy groups -OCH3 is 1. The number of rotatable bonds is 4. The number of esters is 1. The van der Waals surface area contributed by atoms with Gasteiger partial charge in [0.25, 0.3) is 0 Å². The Hall–Kier alpha value is -1.52. The van der Waals surface area contributed by atoms with Crippen LogP contribution in [0.2, 0.25) is 5.02 Å². The topological polar surface area (TPSA) is 35.5 Å². The Kier molecular flexibility index (Phi) is 4.45. The lowest BCUT2D eigenvalue weighted by molar-refractivity contribution is 0.0600. The number of carbonyl (C=O) groups is 1. The molecule has 0 saturated carbocycles. The molecule has 0 bridgehead atoms. The van der Waals surface area contributed by atoms with Crippen LogP contribution in [0.15, 0.2) is 35.7 Å². The van der Waals surface area contributed by atoms with Crippen molar-refractivity contribution in [2.75, 3.05) is 7.11 Å². The molecule has 0 amide bonds. The maximum Gasteiger partial charge on any atom is 0.351 e. The van der Waals surface area contributed by atoms with Crippen molar-refractivity contribution in [1.29, 1.82) is 0 Å². The molecule has 0 radical (unpaired) electrons. The summed E-state index contributed by atoms with van der Waals surface area (Å²) >= 11 is 7.41. The lowest BCUT2D eigenvalue weighted by Crippen LogP contribution is -2.07. The molecular formula is C14H13ClO3S. The van der Waals surface area contributed by atoms with Crippen LogP contribution >= 0.6 is 22.9 Å². The molecule has 3 nitrogen and oxygen atoms in total. The van der Waals surface area contributed by atoms with Gasteiger partial charge in [0.1, 0.15) is 11.9 Å². The number of carbonyl (C=O) groups excluding carboxylic acids is 1. The second-order valence-corrected chi connectivity index (χ2v) is 5.21. The third-order valence-corrected chi connectivity index (χ3v) is 3.87. The van der Waals surface area contributed by atoms with E-state index in [4.69, 9.17) is 21.1 Å². The van der Waals surface area contributed by atoms with E-state index in [9.17, 15) is 4.79 Å². The zero-order valence-corrected chi connectivity index (χ0v) is 12.1. The molecule has 0 N–H and O–H groups in total. The van der Waals surface area contributed by atoms with Crippen LogP contribution in [0.1, 0.15) is 28.3 Å². The molecular weight excluding hydrogens is 284 g/mol. The van der Waals surface area contributed by atoms with Gasteiger partial charge in [-0.2, -0.15) is 0 Å². The molecule has 2 aromatic rings. The Morgan fingerprint density at radius 1 is 1.32 bits per heavy atom. The van der Waals surface area contributed by atoms with Gasteiger partial charge in [0.2, 0.25) is 0 Å². The lowest BCUT2D eigenvalue weighted by atomic mass is 10.1. The van der Waals surface area contributed by atoms with E-state index in [1.165, 1.54) is 18.4 Å². The van der Waals surface area contributed by atoms with Crippen LogP contribution in [0, 0.1) is 0 Å². The molecule has 0 saturated heterocycles. The molecule has 2 rings (SSSR count). The van der Waals surface area contributed by atoms with Gasteiger partial charge in [0.05, 0.1) is 7.11 Å². The predicted molar refractivity (Wildman–Crippen MR) is 76.2 cm³/mol. The number of halogens is 1. The van der Waals surface area contributed by atoms with Gasteiger partial charge in [0, 0.05) is 10.6 Å². The van der Waals surface area contributed by atoms with Gasteiger partial charge in [-0.1, -0.05) is 29.8 Å². The fourth-order valence-electron chi connectivity index (χ4n) is 1.69. The summed E-state index contributed by atoms with van der Waals surface area (Å²) in [4.78, 5) is 12.0. The summed E-state index contributed by atoms with van der Waals surface area (Å²) in [5.74, 6) is 0.126. The van der Waals surface area contributed by atoms with Gasteiger partial charge >= 0.3 is 5.97 Å². The zero-order chi connectivity index (χ0) is 13.8. The smallest absolute Gasteiger partial charge is 0.351 e. The van der Waals surface area contributed by atoms with E-state index >= 15 is 0 Å². The Morgan fingerprint density at radius 3 is 2.74 bits per heavy atom. The summed E-state index contributed by atoms with van der Waals surface area (Å²) in [6.07, 6.45) is -0.244. The van der Waals surface area contributed by atoms with Crippen LogP contribution in [-0.4, -0.2) is 13.1 Å². The standard InChI is InChI=1S/C14H13ClO3S/c1-9(10-5-3-4-6-11(10)15)18-12-7-8-19-13(12)14(16)17-2/h3-9H,1-2H3/t9-/m1/s1. The number of hydrogen-bond acceptors (Lipinski definition) is 4. The molecule has 100 valence electrons. The summed E-state index contributed by atoms with van der Waals surface area (Å²) in [5, 5.41) is 2.44. The third kappa shape index (κ3) is 3.08. The van der Waals surface area contributed by atoms with Gasteiger partial charge in [-0.15, -0.1) is 11.3 Å². The molecule has 1 atom stereocenters. The first kappa shape index (κ1) is 13.9. The van der Waals surface area contributed by atoms with Crippen molar-refractivity contribution in [2.45, 2.75) is 13.0 Å². The van der Waals surface area contributed by atoms with Gasteiger partial charge in [-0.05, 0) is 24.4 Å². The van der Waals surface area contributed by atoms with Crippen LogP contribution < -0.4 is 4.74 Å². The third-order valence-electron chi connectivity index (χ3n) is 2.65. The highest BCUT2D eigenvalue weighted by Crippen LogP contribution is 2.32. The molecule has 0 aliphatic rings. The SMILES string of the molecule is COC(=O)c1sccc1O[C@H](C)c1ccccc1Cl. The molecule has 0 unspecified atom stereocenters. The minimum atomic E-state index is -0.392. The van der Waals surface area contributed by atoms with Crippen molar-refractivity contribution in [1.82, 2.24) is 0 Å². The van der Waals surface area contributed by atoms with E-state index in [1.54, 1.807) is 11.4 Å². The Bertz CT molecular complexity index is 580. The minimum Gasteiger partial charge on any atom is -0.484 e. The number of benzene rings is 1. The van der Waals surface area contributed by atoms with Gasteiger partial charge in [-0.3, -0.25) is 0 Å². The number of ether oxygens (including phenoxy) is 2. The summed E-state index contributed by atoms with van der Waals surface area (Å²) in [7, 11) is 1.35. The molecule has 1 aromatic heterocycles. The molecule has 0 aliphatic carbocycles. The summed E-state index contributed by atoms with van der Waals surface area (Å²) in [6, 6.07) is 9.23. The highest BCUT2D eigenvalue weighted by molar-refractivity contribution is 7.12. The Balaban J connectivity index is 2.20. The first-order chi connectivity index (χ1) is 9.13. The second-order valence-electron chi connectivity index (χ2n) is 3.89. The average Bonchev–Trinajstić information content (AvgIpc) is 2.86. The van der Waals surface area contributed by atoms with Crippen LogP contribution in [0.4, 0.5) is 0 Å². The molecule has 1 aromatic carbocycles. The van der Waals surface area contributed by atoms with E-state index in [0.717, 1.165) is 5.56 Å². The highest BCUT2D eigenvalue weighted by atomic mass is 35.5. The van der Waals surface area contributed by atoms with Crippen molar-refractivity contribution in [2.24, 2.45) is 0 Å². The fourth-order valence-corrected chi connectivity index (χ4v) is 2.72. The van der Waals surface area contributed by atoms with Crippen molar-refractivity contribution in [3.8, 4) is 5.75 Å². The normalized spacial score (nSPS) is 11.9. The number of hydrogen-bond donors (Lipinski definition) is 0. The van der Waals surface area contributed by atoms with Crippen molar-refractivity contribution < 1.29 is 14.3 Å². The number of thiophene rings is 1. The average molecular weight is 297 g/mol. The molecule has 0 aliphatic heterocycles. The first-order valence-electron chi connectivity index (χ1n) is 5.70. The summed E-state index contributed by atoms with van der Waals surface area (Å²) in [5.41, 5.74) is 0.881. The van der Waals surface area contributed by atoms with E-state index in [0.29, 0.717) is 15.6 Å². The molecule has 0 spiro atoms. The van der Waals surface area contributed by atoms with Gasteiger partial charge < -0.3 is 9.47 Å². The maximum atomic E-state index is 11.6. The van der Waals surface area contributed by atoms with Crippen molar-refractivity contribution in [3.63, 3.8) is 0 Å². The van der Waals surface area contributed by atoms with Gasteiger partial charge in [0.15, 0.2) is 4.88 Å². The van der Waals surface area contributed by atoms with Crippen molar-refractivity contribution >= 4 is 28.9 Å². The quantitative estimate of drug-likeness (QED) is 0.788. The van der Waals surface area contributed by atoms with Crippen LogP contribution in [0.3, 0.4) is 0 Å². The van der Waals surface area contributed by atoms with E-state index in [-0.39, 0.29) is 6.10 Å². The predicted octanol–water partition coefficient (Wildman–Crippen LogP) is 4.33. The molecule has 1 heterocycles. The summed E-state index contributed by atoms with van der Waals surface area (Å²) in [6.45, 7) is 1.89. The van der Waals surface area contributed by atoms with Crippen molar-refractivity contribution in [3.05, 3.63) is 51.2 Å². The van der Waals surface area contributed by atoms with E-state index in [2.05, 4.69) is 0 Å². The molecule has 19 heavy (non-hydrogen) atoms. The fraction of sp³-hybridized carbons (Fsp3) is 0.214. The second kappa shape index (κ2) is 6.08. The Morgan fingerprint density at radius 2 is 2.05 bits per heavy atom. The van der Waals surface area contributed by atoms with E-state index in [1.807, 2.05) is 31.2 Å². The lowest BCUT2D eigenvalue weighted by Gasteiger charge is -2.16.